The first-order valence-electron chi connectivity index (χ1n) is 8.87. The Labute approximate surface area is 187 Å². The van der Waals surface area contributed by atoms with Gasteiger partial charge >= 0.3 is 5.97 Å². The van der Waals surface area contributed by atoms with Crippen LogP contribution in [0.4, 0.5) is 10.1 Å². The number of esters is 1. The van der Waals surface area contributed by atoms with Crippen LogP contribution in [0.2, 0.25) is 10.0 Å². The van der Waals surface area contributed by atoms with E-state index in [2.05, 4.69) is 16.0 Å². The first kappa shape index (κ1) is 24.1. The highest BCUT2D eigenvalue weighted by molar-refractivity contribution is 6.36. The SMILES string of the molecule is Cc1ccc(NC(=O)COC(=O)CNC(=O)CNC(=O)c2ccc(Cl)cc2Cl)cc1F. The predicted molar refractivity (Wildman–Crippen MR) is 113 cm³/mol. The maximum absolute atomic E-state index is 13.4. The van der Waals surface area contributed by atoms with Crippen molar-refractivity contribution in [3.63, 3.8) is 0 Å². The molecule has 0 fully saturated rings. The third-order valence-corrected chi connectivity index (χ3v) is 4.38. The third kappa shape index (κ3) is 7.88. The van der Waals surface area contributed by atoms with Gasteiger partial charge in [-0.1, -0.05) is 29.3 Å². The van der Waals surface area contributed by atoms with E-state index in [0.29, 0.717) is 10.6 Å². The Bertz CT molecular complexity index is 1020. The number of rotatable bonds is 8. The van der Waals surface area contributed by atoms with E-state index in [1.54, 1.807) is 6.92 Å². The second-order valence-electron chi connectivity index (χ2n) is 6.26. The van der Waals surface area contributed by atoms with Gasteiger partial charge in [0.15, 0.2) is 6.61 Å². The van der Waals surface area contributed by atoms with Crippen LogP contribution in [0.5, 0.6) is 0 Å². The van der Waals surface area contributed by atoms with Gasteiger partial charge in [-0.05, 0) is 42.8 Å². The second kappa shape index (κ2) is 11.3. The average Bonchev–Trinajstić information content (AvgIpc) is 2.71. The molecule has 0 saturated carbocycles. The summed E-state index contributed by atoms with van der Waals surface area (Å²) in [7, 11) is 0. The minimum absolute atomic E-state index is 0.126. The van der Waals surface area contributed by atoms with Crippen LogP contribution in [0.15, 0.2) is 36.4 Å². The van der Waals surface area contributed by atoms with Gasteiger partial charge in [-0.3, -0.25) is 19.2 Å². The van der Waals surface area contributed by atoms with Crippen molar-refractivity contribution in [2.45, 2.75) is 6.92 Å². The first-order chi connectivity index (χ1) is 14.7. The zero-order valence-electron chi connectivity index (χ0n) is 16.3. The molecular weight excluding hydrogens is 452 g/mol. The van der Waals surface area contributed by atoms with Crippen molar-refractivity contribution >= 4 is 52.6 Å². The van der Waals surface area contributed by atoms with Crippen LogP contribution in [-0.4, -0.2) is 43.4 Å². The fourth-order valence-electron chi connectivity index (χ4n) is 2.23. The molecule has 31 heavy (non-hydrogen) atoms. The number of hydrogen-bond acceptors (Lipinski definition) is 5. The average molecular weight is 470 g/mol. The molecular formula is C20H18Cl2FN3O5. The van der Waals surface area contributed by atoms with E-state index in [4.69, 9.17) is 27.9 Å². The molecule has 0 unspecified atom stereocenters. The van der Waals surface area contributed by atoms with Gasteiger partial charge in [-0.15, -0.1) is 0 Å². The highest BCUT2D eigenvalue weighted by atomic mass is 35.5. The molecule has 0 bridgehead atoms. The second-order valence-corrected chi connectivity index (χ2v) is 7.10. The number of carbonyl (C=O) groups excluding carboxylic acids is 4. The normalized spacial score (nSPS) is 10.2. The molecule has 2 aromatic carbocycles. The van der Waals surface area contributed by atoms with Crippen molar-refractivity contribution in [3.05, 3.63) is 63.4 Å². The van der Waals surface area contributed by atoms with Gasteiger partial charge in [0.1, 0.15) is 12.4 Å². The van der Waals surface area contributed by atoms with E-state index in [1.807, 2.05) is 0 Å². The largest absolute Gasteiger partial charge is 0.454 e. The maximum atomic E-state index is 13.4. The van der Waals surface area contributed by atoms with Gasteiger partial charge in [0.2, 0.25) is 5.91 Å². The number of ether oxygens (including phenoxy) is 1. The predicted octanol–water partition coefficient (Wildman–Crippen LogP) is 2.47. The van der Waals surface area contributed by atoms with Crippen LogP contribution >= 0.6 is 23.2 Å². The van der Waals surface area contributed by atoms with E-state index < -0.39 is 49.2 Å². The van der Waals surface area contributed by atoms with Crippen molar-refractivity contribution < 1.29 is 28.3 Å². The molecule has 0 aliphatic rings. The van der Waals surface area contributed by atoms with E-state index in [0.717, 1.165) is 6.07 Å². The molecule has 0 aromatic heterocycles. The molecule has 2 aromatic rings. The quantitative estimate of drug-likeness (QED) is 0.513. The molecule has 0 heterocycles. The lowest BCUT2D eigenvalue weighted by Gasteiger charge is -2.09. The number of halogens is 3. The Hall–Kier alpha value is -3.17. The summed E-state index contributed by atoms with van der Waals surface area (Å²) >= 11 is 11.7. The lowest BCUT2D eigenvalue weighted by Crippen LogP contribution is -2.39. The molecule has 8 nitrogen and oxygen atoms in total. The summed E-state index contributed by atoms with van der Waals surface area (Å²) in [4.78, 5) is 47.2. The summed E-state index contributed by atoms with van der Waals surface area (Å²) in [5.41, 5.74) is 0.777. The van der Waals surface area contributed by atoms with Crippen LogP contribution < -0.4 is 16.0 Å². The molecule has 0 radical (unpaired) electrons. The fraction of sp³-hybridized carbons (Fsp3) is 0.200. The van der Waals surface area contributed by atoms with Crippen molar-refractivity contribution in [2.24, 2.45) is 0 Å². The van der Waals surface area contributed by atoms with Gasteiger partial charge < -0.3 is 20.7 Å². The third-order valence-electron chi connectivity index (χ3n) is 3.83. The number of benzene rings is 2. The Morgan fingerprint density at radius 1 is 0.968 bits per heavy atom. The molecule has 3 N–H and O–H groups in total. The fourth-order valence-corrected chi connectivity index (χ4v) is 2.72. The lowest BCUT2D eigenvalue weighted by molar-refractivity contribution is -0.147. The highest BCUT2D eigenvalue weighted by Crippen LogP contribution is 2.20. The summed E-state index contributed by atoms with van der Waals surface area (Å²) in [6.07, 6.45) is 0. The Balaban J connectivity index is 1.68. The Morgan fingerprint density at radius 3 is 2.39 bits per heavy atom. The molecule has 0 saturated heterocycles. The summed E-state index contributed by atoms with van der Waals surface area (Å²) in [6, 6.07) is 8.41. The monoisotopic (exact) mass is 469 g/mol. The molecule has 0 aliphatic carbocycles. The number of carbonyl (C=O) groups is 4. The summed E-state index contributed by atoms with van der Waals surface area (Å²) in [5.74, 6) is -3.28. The number of anilines is 1. The van der Waals surface area contributed by atoms with Crippen LogP contribution in [0.3, 0.4) is 0 Å². The molecule has 0 atom stereocenters. The zero-order valence-corrected chi connectivity index (χ0v) is 17.8. The van der Waals surface area contributed by atoms with Crippen LogP contribution in [0, 0.1) is 12.7 Å². The van der Waals surface area contributed by atoms with Gasteiger partial charge in [0.25, 0.3) is 11.8 Å². The molecule has 11 heteroatoms. The topological polar surface area (TPSA) is 114 Å². The van der Waals surface area contributed by atoms with E-state index in [9.17, 15) is 23.6 Å². The number of amides is 3. The van der Waals surface area contributed by atoms with Crippen molar-refractivity contribution in [2.75, 3.05) is 25.0 Å². The molecule has 164 valence electrons. The maximum Gasteiger partial charge on any atom is 0.325 e. The van der Waals surface area contributed by atoms with Gasteiger partial charge in [-0.2, -0.15) is 0 Å². The molecule has 0 aliphatic heterocycles. The number of nitrogens with one attached hydrogen (secondary N) is 3. The summed E-state index contributed by atoms with van der Waals surface area (Å²) < 4.78 is 18.2. The van der Waals surface area contributed by atoms with Gasteiger partial charge in [0.05, 0.1) is 17.1 Å². The smallest absolute Gasteiger partial charge is 0.325 e. The number of aryl methyl sites for hydroxylation is 1. The number of hydrogen-bond donors (Lipinski definition) is 3. The Morgan fingerprint density at radius 2 is 1.71 bits per heavy atom. The van der Waals surface area contributed by atoms with E-state index in [-0.39, 0.29) is 16.3 Å². The van der Waals surface area contributed by atoms with Crippen LogP contribution in [0.25, 0.3) is 0 Å². The lowest BCUT2D eigenvalue weighted by atomic mass is 10.2. The van der Waals surface area contributed by atoms with Crippen molar-refractivity contribution in [1.29, 1.82) is 0 Å². The van der Waals surface area contributed by atoms with Crippen LogP contribution in [-0.2, 0) is 19.1 Å². The van der Waals surface area contributed by atoms with E-state index >= 15 is 0 Å². The van der Waals surface area contributed by atoms with Gasteiger partial charge in [0, 0.05) is 10.7 Å². The Kier molecular flexibility index (Phi) is 8.77. The van der Waals surface area contributed by atoms with Gasteiger partial charge in [-0.25, -0.2) is 4.39 Å². The molecule has 3 amide bonds. The highest BCUT2D eigenvalue weighted by Gasteiger charge is 2.14. The standard InChI is InChI=1S/C20H18Cl2FN3O5/c1-11-2-4-13(7-16(11)23)26-18(28)10-31-19(29)9-24-17(27)8-25-20(30)14-5-3-12(21)6-15(14)22/h2-7H,8-10H2,1H3,(H,24,27)(H,25,30)(H,26,28). The minimum Gasteiger partial charge on any atom is -0.454 e. The molecule has 0 spiro atoms. The zero-order chi connectivity index (χ0) is 23.0. The first-order valence-corrected chi connectivity index (χ1v) is 9.63. The van der Waals surface area contributed by atoms with E-state index in [1.165, 1.54) is 30.3 Å². The summed E-state index contributed by atoms with van der Waals surface area (Å²) in [6.45, 7) is 0.0403. The summed E-state index contributed by atoms with van der Waals surface area (Å²) in [5, 5.41) is 7.44. The van der Waals surface area contributed by atoms with Crippen molar-refractivity contribution in [3.8, 4) is 0 Å². The molecule has 2 rings (SSSR count). The minimum atomic E-state index is -0.870. The van der Waals surface area contributed by atoms with Crippen molar-refractivity contribution in [1.82, 2.24) is 10.6 Å². The van der Waals surface area contributed by atoms with Crippen LogP contribution in [0.1, 0.15) is 15.9 Å².